The number of carboxylic acids is 1. The molecule has 0 atom stereocenters. The molecule has 1 aromatic carbocycles. The molecule has 84 valence electrons. The molecule has 15 heavy (non-hydrogen) atoms. The van der Waals surface area contributed by atoms with Crippen molar-refractivity contribution in [3.05, 3.63) is 29.3 Å². The Bertz CT molecular complexity index is 342. The van der Waals surface area contributed by atoms with Crippen molar-refractivity contribution in [1.29, 1.82) is 0 Å². The molecule has 0 fully saturated rings. The zero-order valence-corrected chi connectivity index (χ0v) is 9.86. The van der Waals surface area contributed by atoms with Crippen molar-refractivity contribution in [2.45, 2.75) is 12.8 Å². The van der Waals surface area contributed by atoms with E-state index < -0.39 is 5.97 Å². The number of alkyl halides is 1. The second-order valence-corrected chi connectivity index (χ2v) is 3.08. The second-order valence-electron chi connectivity index (χ2n) is 2.81. The van der Waals surface area contributed by atoms with Gasteiger partial charge in [-0.15, -0.1) is 24.0 Å². The first kappa shape index (κ1) is 14.1. The standard InChI is InChI=1S/C10H12ClNO2.ClH/c1-2-12-9-7(6-11)4-3-5-8(9)10(13)14;/h3-5,12H,2,6H2,1H3,(H,13,14);1H. The molecule has 5 heteroatoms. The normalized spacial score (nSPS) is 9.20. The molecule has 0 bridgehead atoms. The van der Waals surface area contributed by atoms with Crippen LogP contribution in [0, 0.1) is 0 Å². The minimum absolute atomic E-state index is 0. The number of aromatic carboxylic acids is 1. The van der Waals surface area contributed by atoms with Crippen LogP contribution in [-0.4, -0.2) is 17.6 Å². The second kappa shape index (κ2) is 6.53. The van der Waals surface area contributed by atoms with Gasteiger partial charge in [-0.2, -0.15) is 0 Å². The fourth-order valence-corrected chi connectivity index (χ4v) is 1.50. The lowest BCUT2D eigenvalue weighted by atomic mass is 10.1. The molecule has 1 rings (SSSR count). The molecule has 0 heterocycles. The molecule has 0 aliphatic rings. The fourth-order valence-electron chi connectivity index (χ4n) is 1.28. The van der Waals surface area contributed by atoms with E-state index in [9.17, 15) is 4.79 Å². The van der Waals surface area contributed by atoms with Gasteiger partial charge in [0.05, 0.1) is 11.3 Å². The summed E-state index contributed by atoms with van der Waals surface area (Å²) < 4.78 is 0. The van der Waals surface area contributed by atoms with Crippen LogP contribution in [0.15, 0.2) is 18.2 Å². The lowest BCUT2D eigenvalue weighted by Gasteiger charge is -2.11. The zero-order valence-electron chi connectivity index (χ0n) is 8.29. The van der Waals surface area contributed by atoms with Gasteiger partial charge in [0.15, 0.2) is 0 Å². The number of carboxylic acid groups (broad SMARTS) is 1. The summed E-state index contributed by atoms with van der Waals surface area (Å²) in [4.78, 5) is 10.9. The minimum atomic E-state index is -0.937. The number of hydrogen-bond donors (Lipinski definition) is 2. The number of nitrogens with one attached hydrogen (secondary N) is 1. The third-order valence-electron chi connectivity index (χ3n) is 1.88. The molecule has 0 unspecified atom stereocenters. The quantitative estimate of drug-likeness (QED) is 0.807. The van der Waals surface area contributed by atoms with Crippen molar-refractivity contribution in [2.75, 3.05) is 11.9 Å². The fraction of sp³-hybridized carbons (Fsp3) is 0.300. The minimum Gasteiger partial charge on any atom is -0.478 e. The number of benzene rings is 1. The van der Waals surface area contributed by atoms with Crippen LogP contribution in [0.2, 0.25) is 0 Å². The summed E-state index contributed by atoms with van der Waals surface area (Å²) in [6, 6.07) is 5.08. The van der Waals surface area contributed by atoms with E-state index in [1.54, 1.807) is 12.1 Å². The highest BCUT2D eigenvalue weighted by Crippen LogP contribution is 2.22. The summed E-state index contributed by atoms with van der Waals surface area (Å²) in [5, 5.41) is 11.9. The Labute approximate surface area is 99.9 Å². The average Bonchev–Trinajstić information content (AvgIpc) is 2.18. The Balaban J connectivity index is 0.00000196. The molecule has 0 saturated heterocycles. The van der Waals surface area contributed by atoms with Crippen molar-refractivity contribution in [3.63, 3.8) is 0 Å². The van der Waals surface area contributed by atoms with Gasteiger partial charge in [-0.3, -0.25) is 0 Å². The van der Waals surface area contributed by atoms with Crippen LogP contribution in [0.5, 0.6) is 0 Å². The molecule has 1 aromatic rings. The van der Waals surface area contributed by atoms with E-state index in [1.165, 1.54) is 0 Å². The van der Waals surface area contributed by atoms with Gasteiger partial charge in [0.25, 0.3) is 0 Å². The third kappa shape index (κ3) is 3.29. The van der Waals surface area contributed by atoms with Crippen molar-refractivity contribution in [3.8, 4) is 0 Å². The first-order valence-corrected chi connectivity index (χ1v) is 4.89. The van der Waals surface area contributed by atoms with Crippen LogP contribution >= 0.6 is 24.0 Å². The first-order chi connectivity index (χ1) is 6.70. The molecule has 0 aliphatic heterocycles. The Kier molecular flexibility index (Phi) is 6.13. The smallest absolute Gasteiger partial charge is 0.337 e. The summed E-state index contributed by atoms with van der Waals surface area (Å²) in [5.74, 6) is -0.628. The highest BCUT2D eigenvalue weighted by Gasteiger charge is 2.12. The number of rotatable bonds is 4. The lowest BCUT2D eigenvalue weighted by Crippen LogP contribution is -2.07. The van der Waals surface area contributed by atoms with E-state index in [4.69, 9.17) is 16.7 Å². The van der Waals surface area contributed by atoms with Gasteiger partial charge in [-0.05, 0) is 18.6 Å². The molecule has 0 radical (unpaired) electrons. The maximum Gasteiger partial charge on any atom is 0.337 e. The molecule has 0 saturated carbocycles. The predicted molar refractivity (Wildman–Crippen MR) is 64.4 cm³/mol. The highest BCUT2D eigenvalue weighted by molar-refractivity contribution is 6.17. The summed E-state index contributed by atoms with van der Waals surface area (Å²) >= 11 is 5.71. The van der Waals surface area contributed by atoms with Gasteiger partial charge in [-0.25, -0.2) is 4.79 Å². The van der Waals surface area contributed by atoms with Crippen LogP contribution in [0.1, 0.15) is 22.8 Å². The molecular weight excluding hydrogens is 237 g/mol. The van der Waals surface area contributed by atoms with E-state index in [0.29, 0.717) is 18.1 Å². The molecule has 3 nitrogen and oxygen atoms in total. The number of anilines is 1. The average molecular weight is 250 g/mol. The Hall–Kier alpha value is -0.930. The maximum atomic E-state index is 10.9. The molecule has 2 N–H and O–H groups in total. The van der Waals surface area contributed by atoms with Crippen LogP contribution in [0.4, 0.5) is 5.69 Å². The summed E-state index contributed by atoms with van der Waals surface area (Å²) in [5.41, 5.74) is 1.70. The lowest BCUT2D eigenvalue weighted by molar-refractivity contribution is 0.0698. The van der Waals surface area contributed by atoms with Gasteiger partial charge in [0.2, 0.25) is 0 Å². The van der Waals surface area contributed by atoms with Crippen molar-refractivity contribution in [1.82, 2.24) is 0 Å². The van der Waals surface area contributed by atoms with E-state index in [-0.39, 0.29) is 18.0 Å². The predicted octanol–water partition coefficient (Wildman–Crippen LogP) is 2.98. The Morgan fingerprint density at radius 3 is 2.67 bits per heavy atom. The van der Waals surface area contributed by atoms with E-state index in [2.05, 4.69) is 5.32 Å². The maximum absolute atomic E-state index is 10.9. The van der Waals surface area contributed by atoms with E-state index >= 15 is 0 Å². The van der Waals surface area contributed by atoms with Crippen LogP contribution in [-0.2, 0) is 5.88 Å². The van der Waals surface area contributed by atoms with Gasteiger partial charge in [-0.1, -0.05) is 12.1 Å². The van der Waals surface area contributed by atoms with Gasteiger partial charge >= 0.3 is 5.97 Å². The molecule has 0 spiro atoms. The summed E-state index contributed by atoms with van der Waals surface area (Å²) in [6.45, 7) is 2.59. The molecule has 0 aromatic heterocycles. The van der Waals surface area contributed by atoms with Crippen molar-refractivity contribution < 1.29 is 9.90 Å². The van der Waals surface area contributed by atoms with Crippen LogP contribution in [0.25, 0.3) is 0 Å². The van der Waals surface area contributed by atoms with Crippen LogP contribution < -0.4 is 5.32 Å². The number of carbonyl (C=O) groups is 1. The summed E-state index contributed by atoms with van der Waals surface area (Å²) in [7, 11) is 0. The summed E-state index contributed by atoms with van der Waals surface area (Å²) in [6.07, 6.45) is 0. The van der Waals surface area contributed by atoms with E-state index in [1.807, 2.05) is 13.0 Å². The first-order valence-electron chi connectivity index (χ1n) is 4.35. The largest absolute Gasteiger partial charge is 0.478 e. The van der Waals surface area contributed by atoms with Crippen molar-refractivity contribution in [2.24, 2.45) is 0 Å². The SMILES string of the molecule is CCNc1c(CCl)cccc1C(=O)O.Cl. The topological polar surface area (TPSA) is 49.3 Å². The van der Waals surface area contributed by atoms with E-state index in [0.717, 1.165) is 5.56 Å². The Morgan fingerprint density at radius 2 is 2.20 bits per heavy atom. The van der Waals surface area contributed by atoms with Crippen LogP contribution in [0.3, 0.4) is 0 Å². The Morgan fingerprint density at radius 1 is 1.53 bits per heavy atom. The third-order valence-corrected chi connectivity index (χ3v) is 2.17. The number of halogens is 2. The number of para-hydroxylation sites is 1. The molecule has 0 amide bonds. The van der Waals surface area contributed by atoms with Crippen molar-refractivity contribution >= 4 is 35.7 Å². The molecule has 0 aliphatic carbocycles. The number of hydrogen-bond acceptors (Lipinski definition) is 2. The highest BCUT2D eigenvalue weighted by atomic mass is 35.5. The van der Waals surface area contributed by atoms with Gasteiger partial charge in [0, 0.05) is 12.4 Å². The molecular formula is C10H13Cl2NO2. The monoisotopic (exact) mass is 249 g/mol. The van der Waals surface area contributed by atoms with Gasteiger partial charge < -0.3 is 10.4 Å². The zero-order chi connectivity index (χ0) is 10.6. The van der Waals surface area contributed by atoms with Gasteiger partial charge in [0.1, 0.15) is 0 Å².